The van der Waals surface area contributed by atoms with E-state index in [1.165, 1.54) is 31.5 Å². The highest BCUT2D eigenvalue weighted by molar-refractivity contribution is 8.26. The van der Waals surface area contributed by atoms with Gasteiger partial charge in [-0.1, -0.05) is 0 Å². The molecule has 0 unspecified atom stereocenters. The fourth-order valence-corrected chi connectivity index (χ4v) is 7.05. The van der Waals surface area contributed by atoms with Crippen LogP contribution in [0.1, 0.15) is 28.5 Å². The molecule has 1 aromatic carbocycles. The molecule has 2 aliphatic rings. The Morgan fingerprint density at radius 1 is 1.33 bits per heavy atom. The summed E-state index contributed by atoms with van der Waals surface area (Å²) in [6, 6.07) is 5.78. The van der Waals surface area contributed by atoms with Crippen LogP contribution in [0.3, 0.4) is 0 Å². The van der Waals surface area contributed by atoms with Gasteiger partial charge in [-0.2, -0.15) is 10.6 Å². The monoisotopic (exact) mass is 477 g/mol. The first-order chi connectivity index (χ1) is 15.4. The van der Waals surface area contributed by atoms with Gasteiger partial charge >= 0.3 is 0 Å². The second-order valence-corrected chi connectivity index (χ2v) is 11.3. The summed E-state index contributed by atoms with van der Waals surface area (Å²) in [5, 5.41) is 2.72. The number of pyridine rings is 1. The molecule has 0 radical (unpaired) electrons. The van der Waals surface area contributed by atoms with Crippen LogP contribution in [-0.2, 0) is 5.54 Å². The first-order valence-electron chi connectivity index (χ1n) is 10.3. The molecule has 9 nitrogen and oxygen atoms in total. The lowest BCUT2D eigenvalue weighted by atomic mass is 9.91. The molecule has 1 spiro atoms. The molecule has 0 aliphatic carbocycles. The average Bonchev–Trinajstić information content (AvgIpc) is 2.70. The lowest BCUT2D eigenvalue weighted by Gasteiger charge is -2.62. The normalized spacial score (nSPS) is 24.5. The summed E-state index contributed by atoms with van der Waals surface area (Å²) >= 11 is 0. The van der Waals surface area contributed by atoms with E-state index in [9.17, 15) is 18.3 Å². The van der Waals surface area contributed by atoms with E-state index in [0.717, 1.165) is 0 Å². The van der Waals surface area contributed by atoms with Crippen molar-refractivity contribution >= 4 is 28.0 Å². The zero-order valence-electron chi connectivity index (χ0n) is 18.9. The molecule has 1 aromatic heterocycles. The van der Waals surface area contributed by atoms with Crippen molar-refractivity contribution in [2.24, 2.45) is 10.7 Å². The molecule has 2 aliphatic heterocycles. The Labute approximate surface area is 193 Å². The Bertz CT molecular complexity index is 1150. The number of ether oxygens (including phenoxy) is 1. The fourth-order valence-electron chi connectivity index (χ4n) is 4.53. The van der Waals surface area contributed by atoms with Gasteiger partial charge in [0.15, 0.2) is 0 Å². The van der Waals surface area contributed by atoms with Crippen molar-refractivity contribution in [1.29, 1.82) is 0 Å². The van der Waals surface area contributed by atoms with E-state index in [4.69, 9.17) is 10.5 Å². The van der Waals surface area contributed by atoms with Crippen LogP contribution < -0.4 is 15.8 Å². The number of benzene rings is 1. The Hall–Kier alpha value is -2.73. The van der Waals surface area contributed by atoms with E-state index in [1.54, 1.807) is 19.9 Å². The van der Waals surface area contributed by atoms with Gasteiger partial charge in [-0.25, -0.2) is 9.37 Å². The van der Waals surface area contributed by atoms with E-state index in [1.807, 2.05) is 11.9 Å². The number of amidine groups is 1. The largest absolute Gasteiger partial charge is 0.495 e. The molecule has 1 saturated heterocycles. The van der Waals surface area contributed by atoms with Crippen molar-refractivity contribution in [3.05, 3.63) is 53.1 Å². The zero-order chi connectivity index (χ0) is 24.2. The van der Waals surface area contributed by atoms with E-state index in [0.29, 0.717) is 30.1 Å². The van der Waals surface area contributed by atoms with Gasteiger partial charge in [0.2, 0.25) is 0 Å². The number of carbonyl (C=O) groups excluding carboxylic acids is 1. The van der Waals surface area contributed by atoms with Crippen LogP contribution in [0.15, 0.2) is 35.5 Å². The lowest BCUT2D eigenvalue weighted by Crippen LogP contribution is -2.71. The average molecular weight is 478 g/mol. The summed E-state index contributed by atoms with van der Waals surface area (Å²) in [5.74, 6) is -0.570. The number of hydrogen-bond acceptors (Lipinski definition) is 8. The molecule has 1 atom stereocenters. The quantitative estimate of drug-likeness (QED) is 0.532. The summed E-state index contributed by atoms with van der Waals surface area (Å²) in [6.45, 7) is 4.11. The number of methoxy groups -OCH3 is 1. The second kappa shape index (κ2) is 7.94. The number of nitrogens with zero attached hydrogens (tertiary/aromatic N) is 3. The van der Waals surface area contributed by atoms with E-state index in [-0.39, 0.29) is 22.8 Å². The number of rotatable bonds is 4. The van der Waals surface area contributed by atoms with Gasteiger partial charge in [-0.15, -0.1) is 0 Å². The summed E-state index contributed by atoms with van der Waals surface area (Å²) in [7, 11) is 0.160. The molecule has 11 heteroatoms. The minimum absolute atomic E-state index is 0.112. The fraction of sp³-hybridized carbons (Fsp3) is 0.409. The maximum Gasteiger partial charge on any atom is 0.274 e. The van der Waals surface area contributed by atoms with Crippen LogP contribution in [0, 0.1) is 12.7 Å². The number of likely N-dealkylation sites (tertiary alicyclic amines) is 1. The second-order valence-electron chi connectivity index (χ2n) is 8.94. The number of amides is 1. The Morgan fingerprint density at radius 2 is 2.03 bits per heavy atom. The highest BCUT2D eigenvalue weighted by atomic mass is 32.3. The van der Waals surface area contributed by atoms with Gasteiger partial charge in [0.25, 0.3) is 5.91 Å². The van der Waals surface area contributed by atoms with Crippen LogP contribution in [-0.4, -0.2) is 68.5 Å². The molecule has 0 bridgehead atoms. The standard InChI is InChI=1S/C22H28FN5O4S/c1-13-7-15(32-4)9-25-18(13)19(29)26-14-5-6-17(23)16(8-14)21(2)12-33(30,31)22(20(24)27-21)10-28(3)11-22/h5-9,30-31H,10-12H2,1-4H3,(H2,24,27)(H,26,29)/t21-/m0/s1. The third-order valence-electron chi connectivity index (χ3n) is 6.30. The number of halogens is 1. The van der Waals surface area contributed by atoms with E-state index in [2.05, 4.69) is 15.3 Å². The molecular weight excluding hydrogens is 449 g/mol. The van der Waals surface area contributed by atoms with E-state index < -0.39 is 32.6 Å². The number of aliphatic imine (C=N–C) groups is 1. The number of carbonyl (C=O) groups is 1. The number of hydrogen-bond donors (Lipinski definition) is 4. The van der Waals surface area contributed by atoms with Crippen molar-refractivity contribution < 1.29 is 23.0 Å². The van der Waals surface area contributed by atoms with Crippen molar-refractivity contribution in [3.63, 3.8) is 0 Å². The summed E-state index contributed by atoms with van der Waals surface area (Å²) in [6.07, 6.45) is 1.44. The topological polar surface area (TPSA) is 133 Å². The Balaban J connectivity index is 1.65. The third kappa shape index (κ3) is 3.84. The van der Waals surface area contributed by atoms with Crippen LogP contribution in [0.4, 0.5) is 10.1 Å². The highest BCUT2D eigenvalue weighted by Gasteiger charge is 2.59. The van der Waals surface area contributed by atoms with Crippen LogP contribution in [0.25, 0.3) is 0 Å². The molecule has 3 heterocycles. The van der Waals surface area contributed by atoms with Crippen molar-refractivity contribution in [2.45, 2.75) is 24.1 Å². The Kier molecular flexibility index (Phi) is 5.64. The first-order valence-corrected chi connectivity index (χ1v) is 12.0. The summed E-state index contributed by atoms with van der Waals surface area (Å²) in [5.41, 5.74) is 6.19. The lowest BCUT2D eigenvalue weighted by molar-refractivity contribution is 0.102. The zero-order valence-corrected chi connectivity index (χ0v) is 19.7. The molecule has 1 amide bonds. The minimum Gasteiger partial charge on any atom is -0.495 e. The van der Waals surface area contributed by atoms with Gasteiger partial charge in [0, 0.05) is 24.3 Å². The first kappa shape index (κ1) is 23.4. The molecule has 1 fully saturated rings. The summed E-state index contributed by atoms with van der Waals surface area (Å²) in [4.78, 5) is 23.4. The highest BCUT2D eigenvalue weighted by Crippen LogP contribution is 2.62. The molecule has 0 saturated carbocycles. The number of anilines is 1. The van der Waals surface area contributed by atoms with Crippen molar-refractivity contribution in [2.75, 3.05) is 38.3 Å². The van der Waals surface area contributed by atoms with Gasteiger partial charge in [-0.3, -0.25) is 18.9 Å². The van der Waals surface area contributed by atoms with Gasteiger partial charge in [0.1, 0.15) is 33.4 Å². The number of nitrogens with one attached hydrogen (secondary N) is 1. The molecule has 4 rings (SSSR count). The van der Waals surface area contributed by atoms with Gasteiger partial charge in [0.05, 0.1) is 19.1 Å². The molecule has 5 N–H and O–H groups in total. The number of aryl methyl sites for hydroxylation is 1. The maximum absolute atomic E-state index is 14.9. The predicted octanol–water partition coefficient (Wildman–Crippen LogP) is 2.81. The molecule has 33 heavy (non-hydrogen) atoms. The smallest absolute Gasteiger partial charge is 0.274 e. The molecular formula is C22H28FN5O4S. The Morgan fingerprint density at radius 3 is 2.61 bits per heavy atom. The van der Waals surface area contributed by atoms with Crippen molar-refractivity contribution in [3.8, 4) is 5.75 Å². The van der Waals surface area contributed by atoms with Crippen LogP contribution in [0.2, 0.25) is 0 Å². The maximum atomic E-state index is 14.9. The number of aromatic nitrogens is 1. The van der Waals surface area contributed by atoms with Gasteiger partial charge < -0.3 is 20.7 Å². The number of nitrogens with two attached hydrogens (primary N) is 1. The molecule has 178 valence electrons. The molecule has 2 aromatic rings. The minimum atomic E-state index is -3.21. The van der Waals surface area contributed by atoms with Crippen LogP contribution in [0.5, 0.6) is 5.75 Å². The van der Waals surface area contributed by atoms with Crippen molar-refractivity contribution in [1.82, 2.24) is 9.88 Å². The van der Waals surface area contributed by atoms with E-state index >= 15 is 0 Å². The third-order valence-corrected chi connectivity index (χ3v) is 8.98. The SMILES string of the molecule is COc1cnc(C(=O)Nc2ccc(F)c([C@]3(C)CS(O)(O)C4(CN(C)C4)C(N)=N3)c2)c(C)c1. The predicted molar refractivity (Wildman–Crippen MR) is 127 cm³/mol. The van der Waals surface area contributed by atoms with Gasteiger partial charge in [-0.05, 0) is 50.7 Å². The summed E-state index contributed by atoms with van der Waals surface area (Å²) < 4.78 is 41.0. The van der Waals surface area contributed by atoms with Crippen LogP contribution >= 0.6 is 10.6 Å².